The number of hydrogen-bond acceptors (Lipinski definition) is 3. The highest BCUT2D eigenvalue weighted by Gasteiger charge is 2.26. The van der Waals surface area contributed by atoms with Crippen molar-refractivity contribution in [2.75, 3.05) is 17.2 Å². The lowest BCUT2D eigenvalue weighted by molar-refractivity contribution is 0.0980. The highest BCUT2D eigenvalue weighted by atomic mass is 35.5. The van der Waals surface area contributed by atoms with E-state index >= 15 is 0 Å². The molecular formula is C16H21ClN4O. The van der Waals surface area contributed by atoms with Crippen LogP contribution in [0.25, 0.3) is 0 Å². The van der Waals surface area contributed by atoms with Crippen LogP contribution in [-0.2, 0) is 6.42 Å². The summed E-state index contributed by atoms with van der Waals surface area (Å²) >= 11 is 0. The van der Waals surface area contributed by atoms with Gasteiger partial charge in [-0.3, -0.25) is 9.89 Å². The summed E-state index contributed by atoms with van der Waals surface area (Å²) in [5, 5.41) is 7.10. The van der Waals surface area contributed by atoms with Crippen molar-refractivity contribution < 1.29 is 4.79 Å². The lowest BCUT2D eigenvalue weighted by Crippen LogP contribution is -2.36. The maximum atomic E-state index is 12.7. The van der Waals surface area contributed by atoms with Crippen LogP contribution in [0.1, 0.15) is 47.9 Å². The minimum Gasteiger partial charge on any atom is -0.398 e. The standard InChI is InChI=1S/C16H20N4O.ClH/c1-10(2)13-9-14(19-18-13)16(21)20-8-4-5-11-12(17)6-3-7-15(11)20;/h3,6-7,9-10H,4-5,8,17H2,1-2H3,(H,18,19);1H. The maximum Gasteiger partial charge on any atom is 0.278 e. The van der Waals surface area contributed by atoms with E-state index in [4.69, 9.17) is 5.73 Å². The number of nitrogen functional groups attached to an aromatic ring is 1. The number of anilines is 2. The molecule has 0 radical (unpaired) electrons. The van der Waals surface area contributed by atoms with Gasteiger partial charge in [-0.2, -0.15) is 5.10 Å². The highest BCUT2D eigenvalue weighted by Crippen LogP contribution is 2.32. The summed E-state index contributed by atoms with van der Waals surface area (Å²) in [6.07, 6.45) is 1.85. The average molecular weight is 321 g/mol. The Morgan fingerprint density at radius 1 is 1.41 bits per heavy atom. The molecule has 0 fully saturated rings. The Balaban J connectivity index is 0.00000176. The molecule has 118 valence electrons. The van der Waals surface area contributed by atoms with E-state index in [1.165, 1.54) is 0 Å². The van der Waals surface area contributed by atoms with Crippen molar-refractivity contribution in [2.45, 2.75) is 32.6 Å². The number of aromatic nitrogens is 2. The van der Waals surface area contributed by atoms with Crippen LogP contribution in [0.5, 0.6) is 0 Å². The zero-order chi connectivity index (χ0) is 15.0. The van der Waals surface area contributed by atoms with Crippen LogP contribution in [0.4, 0.5) is 11.4 Å². The number of nitrogens with one attached hydrogen (secondary N) is 1. The fourth-order valence-electron chi connectivity index (χ4n) is 2.74. The molecule has 3 rings (SSSR count). The van der Waals surface area contributed by atoms with Crippen LogP contribution in [0.3, 0.4) is 0 Å². The number of amides is 1. The first-order valence-corrected chi connectivity index (χ1v) is 7.32. The summed E-state index contributed by atoms with van der Waals surface area (Å²) in [6.45, 7) is 4.84. The van der Waals surface area contributed by atoms with Crippen LogP contribution in [0.2, 0.25) is 0 Å². The second-order valence-corrected chi connectivity index (χ2v) is 5.77. The Morgan fingerprint density at radius 2 is 2.18 bits per heavy atom. The monoisotopic (exact) mass is 320 g/mol. The van der Waals surface area contributed by atoms with Gasteiger partial charge in [0.1, 0.15) is 0 Å². The van der Waals surface area contributed by atoms with Crippen molar-refractivity contribution in [1.82, 2.24) is 10.2 Å². The molecule has 3 N–H and O–H groups in total. The lowest BCUT2D eigenvalue weighted by atomic mass is 9.99. The zero-order valence-corrected chi connectivity index (χ0v) is 13.6. The van der Waals surface area contributed by atoms with Crippen molar-refractivity contribution in [3.05, 3.63) is 41.2 Å². The van der Waals surface area contributed by atoms with Gasteiger partial charge in [0.05, 0.1) is 0 Å². The smallest absolute Gasteiger partial charge is 0.278 e. The quantitative estimate of drug-likeness (QED) is 0.835. The van der Waals surface area contributed by atoms with Crippen LogP contribution in [0.15, 0.2) is 24.3 Å². The molecule has 0 unspecified atom stereocenters. The molecule has 1 aliphatic rings. The Hall–Kier alpha value is -2.01. The summed E-state index contributed by atoms with van der Waals surface area (Å²) in [5.41, 5.74) is 10.2. The largest absolute Gasteiger partial charge is 0.398 e. The van der Waals surface area contributed by atoms with Crippen molar-refractivity contribution in [2.24, 2.45) is 0 Å². The third-order valence-corrected chi connectivity index (χ3v) is 3.97. The van der Waals surface area contributed by atoms with E-state index in [9.17, 15) is 4.79 Å². The summed E-state index contributed by atoms with van der Waals surface area (Å²) < 4.78 is 0. The fourth-order valence-corrected chi connectivity index (χ4v) is 2.74. The zero-order valence-electron chi connectivity index (χ0n) is 12.8. The number of nitrogens with zero attached hydrogens (tertiary/aromatic N) is 2. The highest BCUT2D eigenvalue weighted by molar-refractivity contribution is 6.06. The van der Waals surface area contributed by atoms with E-state index in [0.717, 1.165) is 35.5 Å². The number of carbonyl (C=O) groups is 1. The summed E-state index contributed by atoms with van der Waals surface area (Å²) in [5.74, 6) is 0.257. The number of hydrogen-bond donors (Lipinski definition) is 2. The number of halogens is 1. The Kier molecular flexibility index (Phi) is 4.76. The first-order chi connectivity index (χ1) is 10.1. The molecule has 22 heavy (non-hydrogen) atoms. The molecule has 0 aliphatic carbocycles. The van der Waals surface area contributed by atoms with Crippen LogP contribution in [-0.4, -0.2) is 22.6 Å². The van der Waals surface area contributed by atoms with Crippen molar-refractivity contribution in [3.8, 4) is 0 Å². The normalized spacial score (nSPS) is 13.7. The van der Waals surface area contributed by atoms with Gasteiger partial charge < -0.3 is 10.6 Å². The van der Waals surface area contributed by atoms with Crippen LogP contribution < -0.4 is 10.6 Å². The Labute approximate surface area is 136 Å². The second-order valence-electron chi connectivity index (χ2n) is 5.77. The minimum absolute atomic E-state index is 0. The van der Waals surface area contributed by atoms with E-state index in [0.29, 0.717) is 18.2 Å². The summed E-state index contributed by atoms with van der Waals surface area (Å²) in [4.78, 5) is 14.5. The van der Waals surface area contributed by atoms with Crippen LogP contribution >= 0.6 is 12.4 Å². The Bertz CT molecular complexity index is 681. The SMILES string of the molecule is CC(C)c1cc(C(=O)N2CCCc3c(N)cccc32)n[nH]1.Cl. The number of aromatic amines is 1. The van der Waals surface area contributed by atoms with Crippen LogP contribution in [0, 0.1) is 0 Å². The number of rotatable bonds is 2. The molecule has 1 aliphatic heterocycles. The van der Waals surface area contributed by atoms with Crippen molar-refractivity contribution >= 4 is 29.7 Å². The average Bonchev–Trinajstić information content (AvgIpc) is 2.96. The van der Waals surface area contributed by atoms with Gasteiger partial charge in [0.15, 0.2) is 5.69 Å². The number of carbonyl (C=O) groups excluding carboxylic acids is 1. The van der Waals surface area contributed by atoms with Gasteiger partial charge in [0.2, 0.25) is 0 Å². The van der Waals surface area contributed by atoms with E-state index in [1.807, 2.05) is 24.3 Å². The number of fused-ring (bicyclic) bond motifs is 1. The molecule has 2 aromatic rings. The topological polar surface area (TPSA) is 75.0 Å². The van der Waals surface area contributed by atoms with Gasteiger partial charge in [0.25, 0.3) is 5.91 Å². The molecule has 0 saturated heterocycles. The van der Waals surface area contributed by atoms with Gasteiger partial charge in [-0.25, -0.2) is 0 Å². The molecule has 1 amide bonds. The molecule has 5 nitrogen and oxygen atoms in total. The number of nitrogens with two attached hydrogens (primary N) is 1. The summed E-state index contributed by atoms with van der Waals surface area (Å²) in [7, 11) is 0. The molecule has 0 saturated carbocycles. The molecule has 2 heterocycles. The lowest BCUT2D eigenvalue weighted by Gasteiger charge is -2.29. The molecule has 6 heteroatoms. The number of benzene rings is 1. The van der Waals surface area contributed by atoms with Gasteiger partial charge in [-0.05, 0) is 42.5 Å². The molecule has 1 aromatic carbocycles. The van der Waals surface area contributed by atoms with E-state index in [2.05, 4.69) is 24.0 Å². The third-order valence-electron chi connectivity index (χ3n) is 3.97. The van der Waals surface area contributed by atoms with E-state index in [1.54, 1.807) is 4.90 Å². The first-order valence-electron chi connectivity index (χ1n) is 7.32. The van der Waals surface area contributed by atoms with Gasteiger partial charge in [-0.15, -0.1) is 12.4 Å². The second kappa shape index (κ2) is 6.40. The van der Waals surface area contributed by atoms with Gasteiger partial charge >= 0.3 is 0 Å². The van der Waals surface area contributed by atoms with E-state index < -0.39 is 0 Å². The minimum atomic E-state index is -0.0651. The molecule has 0 spiro atoms. The summed E-state index contributed by atoms with van der Waals surface area (Å²) in [6, 6.07) is 7.58. The molecular weight excluding hydrogens is 300 g/mol. The van der Waals surface area contributed by atoms with Gasteiger partial charge in [-0.1, -0.05) is 19.9 Å². The Morgan fingerprint density at radius 3 is 2.86 bits per heavy atom. The third kappa shape index (κ3) is 2.81. The maximum absolute atomic E-state index is 12.7. The van der Waals surface area contributed by atoms with E-state index in [-0.39, 0.29) is 18.3 Å². The number of H-pyrrole nitrogens is 1. The predicted octanol–water partition coefficient (Wildman–Crippen LogP) is 3.13. The molecule has 0 bridgehead atoms. The van der Waals surface area contributed by atoms with Crippen molar-refractivity contribution in [1.29, 1.82) is 0 Å². The molecule has 1 aromatic heterocycles. The van der Waals surface area contributed by atoms with Gasteiger partial charge in [0, 0.05) is 23.6 Å². The van der Waals surface area contributed by atoms with Crippen molar-refractivity contribution in [3.63, 3.8) is 0 Å². The molecule has 0 atom stereocenters. The predicted molar refractivity (Wildman–Crippen MR) is 90.8 cm³/mol. The fraction of sp³-hybridized carbons (Fsp3) is 0.375. The first kappa shape index (κ1) is 16.4.